The van der Waals surface area contributed by atoms with E-state index in [1.54, 1.807) is 6.21 Å². The van der Waals surface area contributed by atoms with E-state index >= 15 is 0 Å². The fraction of sp³-hybridized carbons (Fsp3) is 0.188. The van der Waals surface area contributed by atoms with Crippen LogP contribution in [0.2, 0.25) is 0 Å². The first-order valence-electron chi connectivity index (χ1n) is 6.65. The monoisotopic (exact) mass is 383 g/mol. The molecule has 22 heavy (non-hydrogen) atoms. The van der Waals surface area contributed by atoms with Crippen molar-refractivity contribution in [3.05, 3.63) is 46.4 Å². The van der Waals surface area contributed by atoms with E-state index in [0.29, 0.717) is 11.5 Å². The van der Waals surface area contributed by atoms with Gasteiger partial charge in [-0.3, -0.25) is 4.99 Å². The summed E-state index contributed by atoms with van der Waals surface area (Å²) in [7, 11) is 0. The number of ether oxygens (including phenoxy) is 1. The normalized spacial score (nSPS) is 13.8. The number of para-hydroxylation sites is 2. The van der Waals surface area contributed by atoms with Crippen molar-refractivity contribution in [3.63, 3.8) is 0 Å². The first-order valence-corrected chi connectivity index (χ1v) is 8.43. The minimum absolute atomic E-state index is 0.0755. The third-order valence-electron chi connectivity index (χ3n) is 3.11. The summed E-state index contributed by atoms with van der Waals surface area (Å²) in [6.45, 7) is -0.963. The van der Waals surface area contributed by atoms with Crippen LogP contribution in [0.1, 0.15) is 5.56 Å². The predicted octanol–water partition coefficient (Wildman–Crippen LogP) is 5.71. The molecule has 0 saturated heterocycles. The van der Waals surface area contributed by atoms with Crippen LogP contribution in [0.5, 0.6) is 11.5 Å². The van der Waals surface area contributed by atoms with Crippen LogP contribution in [0.15, 0.2) is 50.8 Å². The SMILES string of the molecule is FCC(F)CSc1ccc2c(c1Br)C=Nc1ccccc1O2. The maximum Gasteiger partial charge on any atom is 0.153 e. The highest BCUT2D eigenvalue weighted by atomic mass is 79.9. The van der Waals surface area contributed by atoms with Gasteiger partial charge in [0.1, 0.15) is 24.3 Å². The summed E-state index contributed by atoms with van der Waals surface area (Å²) in [6.07, 6.45) is 0.266. The summed E-state index contributed by atoms with van der Waals surface area (Å²) >= 11 is 4.77. The molecule has 0 bridgehead atoms. The third-order valence-corrected chi connectivity index (χ3v) is 5.41. The number of halogens is 3. The van der Waals surface area contributed by atoms with Crippen LogP contribution in [0, 0.1) is 0 Å². The van der Waals surface area contributed by atoms with Crippen molar-refractivity contribution in [1.82, 2.24) is 0 Å². The molecule has 0 amide bonds. The highest BCUT2D eigenvalue weighted by Gasteiger charge is 2.17. The number of hydrogen-bond donors (Lipinski definition) is 0. The summed E-state index contributed by atoms with van der Waals surface area (Å²) in [4.78, 5) is 5.25. The van der Waals surface area contributed by atoms with E-state index in [2.05, 4.69) is 20.9 Å². The maximum absolute atomic E-state index is 13.1. The summed E-state index contributed by atoms with van der Waals surface area (Å²) in [5.41, 5.74) is 1.54. The highest BCUT2D eigenvalue weighted by Crippen LogP contribution is 2.41. The number of rotatable bonds is 4. The molecule has 2 aromatic carbocycles. The Morgan fingerprint density at radius 1 is 1.18 bits per heavy atom. The van der Waals surface area contributed by atoms with Gasteiger partial charge in [0.2, 0.25) is 0 Å². The molecule has 0 radical (unpaired) electrons. The van der Waals surface area contributed by atoms with Gasteiger partial charge in [-0.05, 0) is 40.2 Å². The Kier molecular flexibility index (Phi) is 4.78. The van der Waals surface area contributed by atoms with Gasteiger partial charge >= 0.3 is 0 Å². The number of benzene rings is 2. The van der Waals surface area contributed by atoms with E-state index in [1.165, 1.54) is 11.8 Å². The number of aliphatic imine (C=N–C) groups is 1. The zero-order valence-electron chi connectivity index (χ0n) is 11.4. The average molecular weight is 384 g/mol. The molecule has 2 aromatic rings. The lowest BCUT2D eigenvalue weighted by atomic mass is 10.2. The van der Waals surface area contributed by atoms with Gasteiger partial charge in [0.15, 0.2) is 5.75 Å². The fourth-order valence-corrected chi connectivity index (χ4v) is 3.63. The van der Waals surface area contributed by atoms with Crippen LogP contribution < -0.4 is 4.74 Å². The molecule has 0 N–H and O–H groups in total. The van der Waals surface area contributed by atoms with E-state index < -0.39 is 12.8 Å². The van der Waals surface area contributed by atoms with E-state index in [-0.39, 0.29) is 5.75 Å². The third kappa shape index (κ3) is 3.17. The largest absolute Gasteiger partial charge is 0.454 e. The van der Waals surface area contributed by atoms with Gasteiger partial charge in [-0.15, -0.1) is 11.8 Å². The zero-order chi connectivity index (χ0) is 15.5. The van der Waals surface area contributed by atoms with Gasteiger partial charge in [0.05, 0.1) is 5.56 Å². The molecule has 3 rings (SSSR count). The van der Waals surface area contributed by atoms with Crippen LogP contribution in [0.3, 0.4) is 0 Å². The number of nitrogens with zero attached hydrogens (tertiary/aromatic N) is 1. The first kappa shape index (κ1) is 15.5. The van der Waals surface area contributed by atoms with Crippen molar-refractivity contribution < 1.29 is 13.5 Å². The molecule has 0 fully saturated rings. The van der Waals surface area contributed by atoms with Gasteiger partial charge in [-0.1, -0.05) is 12.1 Å². The van der Waals surface area contributed by atoms with Crippen molar-refractivity contribution in [3.8, 4) is 11.5 Å². The quantitative estimate of drug-likeness (QED) is 0.538. The summed E-state index contributed by atoms with van der Waals surface area (Å²) < 4.78 is 32.0. The lowest BCUT2D eigenvalue weighted by Crippen LogP contribution is -2.05. The molecule has 1 aliphatic heterocycles. The topological polar surface area (TPSA) is 21.6 Å². The second kappa shape index (κ2) is 6.79. The minimum Gasteiger partial charge on any atom is -0.454 e. The summed E-state index contributed by atoms with van der Waals surface area (Å²) in [5, 5.41) is 0. The van der Waals surface area contributed by atoms with Gasteiger partial charge in [0, 0.05) is 21.3 Å². The van der Waals surface area contributed by atoms with E-state index in [1.807, 2.05) is 36.4 Å². The van der Waals surface area contributed by atoms with Gasteiger partial charge in [-0.2, -0.15) is 0 Å². The average Bonchev–Trinajstić information content (AvgIpc) is 2.73. The number of alkyl halides is 2. The summed E-state index contributed by atoms with van der Waals surface area (Å²) in [6, 6.07) is 11.2. The maximum atomic E-state index is 13.1. The van der Waals surface area contributed by atoms with E-state index in [0.717, 1.165) is 20.6 Å². The predicted molar refractivity (Wildman–Crippen MR) is 89.5 cm³/mol. The molecular weight excluding hydrogens is 372 g/mol. The first-order chi connectivity index (χ1) is 10.7. The van der Waals surface area contributed by atoms with Crippen LogP contribution in [0.25, 0.3) is 0 Å². The van der Waals surface area contributed by atoms with Gasteiger partial charge < -0.3 is 4.74 Å². The highest BCUT2D eigenvalue weighted by molar-refractivity contribution is 9.10. The Balaban J connectivity index is 1.92. The smallest absolute Gasteiger partial charge is 0.153 e. The second-order valence-electron chi connectivity index (χ2n) is 4.68. The molecule has 6 heteroatoms. The molecule has 1 atom stereocenters. The molecule has 1 aliphatic rings. The number of fused-ring (bicyclic) bond motifs is 2. The minimum atomic E-state index is -1.45. The second-order valence-corrected chi connectivity index (χ2v) is 6.53. The summed E-state index contributed by atoms with van der Waals surface area (Å²) in [5.74, 6) is 1.44. The Morgan fingerprint density at radius 2 is 2.00 bits per heavy atom. The molecule has 0 spiro atoms. The molecule has 0 aliphatic carbocycles. The molecule has 114 valence electrons. The van der Waals surface area contributed by atoms with Crippen molar-refractivity contribution in [2.75, 3.05) is 12.4 Å². The molecule has 2 nitrogen and oxygen atoms in total. The van der Waals surface area contributed by atoms with E-state index in [9.17, 15) is 8.78 Å². The number of thioether (sulfide) groups is 1. The molecule has 0 saturated carbocycles. The Hall–Kier alpha value is -1.40. The van der Waals surface area contributed by atoms with Gasteiger partial charge in [0.25, 0.3) is 0 Å². The van der Waals surface area contributed by atoms with Crippen molar-refractivity contribution in [2.24, 2.45) is 4.99 Å². The van der Waals surface area contributed by atoms with Crippen LogP contribution in [0.4, 0.5) is 14.5 Å². The lowest BCUT2D eigenvalue weighted by molar-refractivity contribution is 0.286. The Bertz CT molecular complexity index is 723. The molecule has 0 aromatic heterocycles. The van der Waals surface area contributed by atoms with Crippen LogP contribution >= 0.6 is 27.7 Å². The molecule has 1 unspecified atom stereocenters. The van der Waals surface area contributed by atoms with Gasteiger partial charge in [-0.25, -0.2) is 8.78 Å². The van der Waals surface area contributed by atoms with Crippen LogP contribution in [-0.4, -0.2) is 24.8 Å². The number of hydrogen-bond acceptors (Lipinski definition) is 3. The van der Waals surface area contributed by atoms with Crippen molar-refractivity contribution in [1.29, 1.82) is 0 Å². The Morgan fingerprint density at radius 3 is 2.82 bits per heavy atom. The van der Waals surface area contributed by atoms with Crippen molar-refractivity contribution >= 4 is 39.6 Å². The van der Waals surface area contributed by atoms with Crippen molar-refractivity contribution in [2.45, 2.75) is 11.1 Å². The molecular formula is C16H12BrF2NOS. The van der Waals surface area contributed by atoms with Crippen LogP contribution in [-0.2, 0) is 0 Å². The zero-order valence-corrected chi connectivity index (χ0v) is 13.8. The Labute approximate surface area is 139 Å². The standard InChI is InChI=1S/C16H12BrF2NOS/c17-16-11-8-20-12-3-1-2-4-14(12)21-13(11)5-6-15(16)22-9-10(19)7-18/h1-6,8,10H,7,9H2. The lowest BCUT2D eigenvalue weighted by Gasteiger charge is -2.12. The van der Waals surface area contributed by atoms with E-state index in [4.69, 9.17) is 4.74 Å². The fourth-order valence-electron chi connectivity index (χ4n) is 2.00. The molecule has 1 heterocycles.